The molecule has 0 heterocycles. The monoisotopic (exact) mass is 254 g/mol. The number of allylic oxidation sites excluding steroid dienone is 2. The van der Waals surface area contributed by atoms with Gasteiger partial charge in [-0.15, -0.1) is 0 Å². The highest BCUT2D eigenvalue weighted by atomic mass is 16.1. The summed E-state index contributed by atoms with van der Waals surface area (Å²) in [6.07, 6.45) is 4.56. The number of ketones is 1. The number of hydrogen-bond acceptors (Lipinski definition) is 1. The smallest absolute Gasteiger partial charge is 0.144 e. The predicted octanol–water partition coefficient (Wildman–Crippen LogP) is 4.58. The standard InChI is InChI=1S/C18H22O/c1-4-13(2)8-7-11-17-14(3)16-10-6-5-9-15(16)12-18(17)19/h5-6,9-10,17H,2-4,7-8,11-12H2,1H3. The highest BCUT2D eigenvalue weighted by Crippen LogP contribution is 2.35. The van der Waals surface area contributed by atoms with E-state index in [-0.39, 0.29) is 5.92 Å². The molecule has 0 bridgehead atoms. The van der Waals surface area contributed by atoms with Gasteiger partial charge in [-0.1, -0.05) is 49.9 Å². The Morgan fingerprint density at radius 1 is 1.37 bits per heavy atom. The summed E-state index contributed by atoms with van der Waals surface area (Å²) in [6.45, 7) is 10.3. The summed E-state index contributed by atoms with van der Waals surface area (Å²) in [5.74, 6) is 0.338. The molecule has 0 amide bonds. The van der Waals surface area contributed by atoms with Crippen molar-refractivity contribution in [2.45, 2.75) is 39.0 Å². The topological polar surface area (TPSA) is 17.1 Å². The second-order valence-corrected chi connectivity index (χ2v) is 5.37. The van der Waals surface area contributed by atoms with Crippen molar-refractivity contribution in [3.63, 3.8) is 0 Å². The van der Waals surface area contributed by atoms with Crippen molar-refractivity contribution in [3.8, 4) is 0 Å². The normalized spacial score (nSPS) is 18.3. The summed E-state index contributed by atoms with van der Waals surface area (Å²) in [6, 6.07) is 8.14. The van der Waals surface area contributed by atoms with Crippen LogP contribution >= 0.6 is 0 Å². The van der Waals surface area contributed by atoms with Gasteiger partial charge in [-0.05, 0) is 42.4 Å². The Labute approximate surface area is 116 Å². The van der Waals surface area contributed by atoms with E-state index in [0.717, 1.165) is 36.8 Å². The first-order valence-corrected chi connectivity index (χ1v) is 7.10. The van der Waals surface area contributed by atoms with Gasteiger partial charge in [0, 0.05) is 12.3 Å². The maximum absolute atomic E-state index is 12.2. The zero-order chi connectivity index (χ0) is 13.8. The van der Waals surface area contributed by atoms with Gasteiger partial charge in [0.25, 0.3) is 0 Å². The number of hydrogen-bond donors (Lipinski definition) is 0. The number of rotatable bonds is 5. The van der Waals surface area contributed by atoms with Gasteiger partial charge in [0.2, 0.25) is 0 Å². The summed E-state index contributed by atoms with van der Waals surface area (Å²) in [5, 5.41) is 0. The largest absolute Gasteiger partial charge is 0.299 e. The molecule has 0 radical (unpaired) electrons. The summed E-state index contributed by atoms with van der Waals surface area (Å²) in [7, 11) is 0. The van der Waals surface area contributed by atoms with E-state index in [4.69, 9.17) is 0 Å². The van der Waals surface area contributed by atoms with Crippen molar-refractivity contribution in [2.24, 2.45) is 5.92 Å². The Morgan fingerprint density at radius 2 is 2.11 bits per heavy atom. The lowest BCUT2D eigenvalue weighted by atomic mass is 9.77. The molecule has 1 aliphatic carbocycles. The molecule has 1 heteroatoms. The fraction of sp³-hybridized carbons (Fsp3) is 0.389. The van der Waals surface area contributed by atoms with Crippen molar-refractivity contribution >= 4 is 11.4 Å². The summed E-state index contributed by atoms with van der Waals surface area (Å²) >= 11 is 0. The van der Waals surface area contributed by atoms with E-state index in [1.165, 1.54) is 11.1 Å². The second-order valence-electron chi connectivity index (χ2n) is 5.37. The molecule has 0 spiro atoms. The van der Waals surface area contributed by atoms with Crippen LogP contribution in [0, 0.1) is 5.92 Å². The van der Waals surface area contributed by atoms with Crippen LogP contribution in [0.15, 0.2) is 43.0 Å². The second kappa shape index (κ2) is 6.01. The average Bonchev–Trinajstić information content (AvgIpc) is 2.42. The van der Waals surface area contributed by atoms with Crippen LogP contribution in [0.5, 0.6) is 0 Å². The maximum Gasteiger partial charge on any atom is 0.144 e. The van der Waals surface area contributed by atoms with Gasteiger partial charge in [-0.25, -0.2) is 0 Å². The van der Waals surface area contributed by atoms with Gasteiger partial charge in [0.1, 0.15) is 5.78 Å². The number of Topliss-reactive ketones (excluding diaryl/α,β-unsaturated/α-hetero) is 1. The van der Waals surface area contributed by atoms with Crippen molar-refractivity contribution < 1.29 is 4.79 Å². The first kappa shape index (κ1) is 13.8. The molecule has 19 heavy (non-hydrogen) atoms. The average molecular weight is 254 g/mol. The van der Waals surface area contributed by atoms with E-state index < -0.39 is 0 Å². The Balaban J connectivity index is 2.05. The number of fused-ring (bicyclic) bond motifs is 1. The highest BCUT2D eigenvalue weighted by Gasteiger charge is 2.28. The van der Waals surface area contributed by atoms with Crippen molar-refractivity contribution in [2.75, 3.05) is 0 Å². The van der Waals surface area contributed by atoms with E-state index in [9.17, 15) is 4.79 Å². The van der Waals surface area contributed by atoms with Crippen LogP contribution in [0.4, 0.5) is 0 Å². The quantitative estimate of drug-likeness (QED) is 0.703. The number of carbonyl (C=O) groups excluding carboxylic acids is 1. The molecular weight excluding hydrogens is 232 g/mol. The van der Waals surface area contributed by atoms with Crippen LogP contribution in [-0.4, -0.2) is 5.78 Å². The summed E-state index contributed by atoms with van der Waals surface area (Å²) in [4.78, 5) is 12.2. The molecule has 1 aliphatic rings. The van der Waals surface area contributed by atoms with Gasteiger partial charge in [-0.3, -0.25) is 4.79 Å². The zero-order valence-electron chi connectivity index (χ0n) is 11.7. The molecule has 1 nitrogen and oxygen atoms in total. The van der Waals surface area contributed by atoms with Crippen LogP contribution in [0.1, 0.15) is 43.7 Å². The molecule has 2 rings (SSSR count). The Morgan fingerprint density at radius 3 is 2.84 bits per heavy atom. The first-order chi connectivity index (χ1) is 9.13. The van der Waals surface area contributed by atoms with Crippen molar-refractivity contribution in [1.82, 2.24) is 0 Å². The van der Waals surface area contributed by atoms with Crippen molar-refractivity contribution in [3.05, 3.63) is 54.1 Å². The molecule has 1 aromatic carbocycles. The van der Waals surface area contributed by atoms with E-state index in [0.29, 0.717) is 12.2 Å². The molecule has 0 fully saturated rings. The van der Waals surface area contributed by atoms with Gasteiger partial charge in [0.15, 0.2) is 0 Å². The Bertz CT molecular complexity index is 510. The molecule has 0 aromatic heterocycles. The lowest BCUT2D eigenvalue weighted by Crippen LogP contribution is -2.24. The Kier molecular flexibility index (Phi) is 4.36. The van der Waals surface area contributed by atoms with Crippen LogP contribution in [0.25, 0.3) is 5.57 Å². The fourth-order valence-electron chi connectivity index (χ4n) is 2.75. The minimum Gasteiger partial charge on any atom is -0.299 e. The van der Waals surface area contributed by atoms with E-state index in [1.54, 1.807) is 0 Å². The van der Waals surface area contributed by atoms with Gasteiger partial charge in [0.05, 0.1) is 0 Å². The number of benzene rings is 1. The SMILES string of the molecule is C=C(CC)CCCC1C(=C)c2ccccc2CC1=O. The minimum absolute atomic E-state index is 0.0135. The third-order valence-corrected chi connectivity index (χ3v) is 4.06. The molecule has 0 saturated heterocycles. The molecule has 1 aromatic rings. The van der Waals surface area contributed by atoms with E-state index in [1.807, 2.05) is 18.2 Å². The molecule has 100 valence electrons. The lowest BCUT2D eigenvalue weighted by Gasteiger charge is -2.26. The minimum atomic E-state index is 0.0135. The third-order valence-electron chi connectivity index (χ3n) is 4.06. The van der Waals surface area contributed by atoms with Gasteiger partial charge in [-0.2, -0.15) is 0 Å². The molecule has 1 unspecified atom stereocenters. The van der Waals surface area contributed by atoms with Crippen LogP contribution < -0.4 is 0 Å². The van der Waals surface area contributed by atoms with Crippen LogP contribution in [0.3, 0.4) is 0 Å². The van der Waals surface area contributed by atoms with E-state index in [2.05, 4.69) is 26.1 Å². The van der Waals surface area contributed by atoms with E-state index >= 15 is 0 Å². The zero-order valence-corrected chi connectivity index (χ0v) is 11.7. The summed E-state index contributed by atoms with van der Waals surface area (Å²) < 4.78 is 0. The molecule has 0 aliphatic heterocycles. The number of carbonyl (C=O) groups is 1. The first-order valence-electron chi connectivity index (χ1n) is 7.10. The summed E-state index contributed by atoms with van der Waals surface area (Å²) in [5.41, 5.74) is 4.59. The third kappa shape index (κ3) is 3.04. The fourth-order valence-corrected chi connectivity index (χ4v) is 2.75. The van der Waals surface area contributed by atoms with Gasteiger partial charge >= 0.3 is 0 Å². The van der Waals surface area contributed by atoms with Crippen LogP contribution in [0.2, 0.25) is 0 Å². The molecular formula is C18H22O. The molecule has 0 N–H and O–H groups in total. The van der Waals surface area contributed by atoms with Crippen molar-refractivity contribution in [1.29, 1.82) is 0 Å². The highest BCUT2D eigenvalue weighted by molar-refractivity contribution is 5.98. The molecule has 0 saturated carbocycles. The molecule has 1 atom stereocenters. The predicted molar refractivity (Wildman–Crippen MR) is 81.0 cm³/mol. The van der Waals surface area contributed by atoms with Crippen LogP contribution in [-0.2, 0) is 11.2 Å². The van der Waals surface area contributed by atoms with Gasteiger partial charge < -0.3 is 0 Å². The lowest BCUT2D eigenvalue weighted by molar-refractivity contribution is -0.121. The Hall–Kier alpha value is -1.63. The maximum atomic E-state index is 12.2.